The van der Waals surface area contributed by atoms with Gasteiger partial charge in [0.2, 0.25) is 5.91 Å². The predicted molar refractivity (Wildman–Crippen MR) is 85.5 cm³/mol. The van der Waals surface area contributed by atoms with Crippen LogP contribution in [0.1, 0.15) is 24.8 Å². The molecule has 0 unspecified atom stereocenters. The molecule has 0 fully saturated rings. The molecule has 122 valence electrons. The summed E-state index contributed by atoms with van der Waals surface area (Å²) in [6, 6.07) is 10.7. The van der Waals surface area contributed by atoms with Crippen molar-refractivity contribution in [3.63, 3.8) is 0 Å². The zero-order valence-corrected chi connectivity index (χ0v) is 12.9. The fraction of sp³-hybridized carbons (Fsp3) is 0.278. The molecule has 0 saturated heterocycles. The molecule has 0 aliphatic rings. The first-order valence-electron chi connectivity index (χ1n) is 7.49. The van der Waals surface area contributed by atoms with Crippen LogP contribution in [-0.2, 0) is 4.79 Å². The molecule has 0 heterocycles. The summed E-state index contributed by atoms with van der Waals surface area (Å²) in [6.07, 6.45) is 1.54. The van der Waals surface area contributed by atoms with E-state index in [4.69, 9.17) is 4.74 Å². The third-order valence-corrected chi connectivity index (χ3v) is 3.26. The normalized spacial score (nSPS) is 10.4. The van der Waals surface area contributed by atoms with Gasteiger partial charge in [-0.2, -0.15) is 0 Å². The number of rotatable bonds is 7. The van der Waals surface area contributed by atoms with Gasteiger partial charge in [0, 0.05) is 12.5 Å². The van der Waals surface area contributed by atoms with Crippen molar-refractivity contribution in [1.29, 1.82) is 0 Å². The maximum atomic E-state index is 13.4. The molecule has 0 aliphatic carbocycles. The summed E-state index contributed by atoms with van der Waals surface area (Å²) in [5.74, 6) is -0.780. The van der Waals surface area contributed by atoms with Crippen LogP contribution < -0.4 is 10.1 Å². The summed E-state index contributed by atoms with van der Waals surface area (Å²) in [4.78, 5) is 11.7. The smallest absolute Gasteiger partial charge is 0.224 e. The van der Waals surface area contributed by atoms with E-state index in [1.165, 1.54) is 0 Å². The first-order chi connectivity index (χ1) is 11.0. The van der Waals surface area contributed by atoms with Gasteiger partial charge in [-0.1, -0.05) is 12.1 Å². The van der Waals surface area contributed by atoms with Gasteiger partial charge in [-0.25, -0.2) is 8.78 Å². The second kappa shape index (κ2) is 8.27. The predicted octanol–water partition coefficient (Wildman–Crippen LogP) is 4.46. The van der Waals surface area contributed by atoms with Gasteiger partial charge in [-0.05, 0) is 49.6 Å². The van der Waals surface area contributed by atoms with Crippen LogP contribution in [0.5, 0.6) is 5.75 Å². The molecule has 0 bridgehead atoms. The Labute approximate surface area is 134 Å². The van der Waals surface area contributed by atoms with Crippen molar-refractivity contribution in [2.75, 3.05) is 11.9 Å². The molecule has 2 rings (SSSR count). The molecule has 1 N–H and O–H groups in total. The van der Waals surface area contributed by atoms with Crippen LogP contribution in [0.4, 0.5) is 14.5 Å². The minimum absolute atomic E-state index is 0.133. The lowest BCUT2D eigenvalue weighted by molar-refractivity contribution is -0.116. The van der Waals surface area contributed by atoms with E-state index in [1.807, 2.05) is 31.2 Å². The zero-order chi connectivity index (χ0) is 16.7. The third-order valence-electron chi connectivity index (χ3n) is 3.26. The van der Waals surface area contributed by atoms with Crippen LogP contribution in [0.25, 0.3) is 0 Å². The van der Waals surface area contributed by atoms with Crippen molar-refractivity contribution >= 4 is 11.6 Å². The number of carbonyl (C=O) groups is 1. The number of unbranched alkanes of at least 4 members (excludes halogenated alkanes) is 1. The van der Waals surface area contributed by atoms with Gasteiger partial charge in [0.05, 0.1) is 12.3 Å². The average molecular weight is 319 g/mol. The number of amides is 1. The molecular formula is C18H19F2NO2. The molecule has 0 radical (unpaired) electrons. The Balaban J connectivity index is 1.68. The van der Waals surface area contributed by atoms with Crippen molar-refractivity contribution in [1.82, 2.24) is 0 Å². The highest BCUT2D eigenvalue weighted by Gasteiger charge is 2.08. The van der Waals surface area contributed by atoms with Gasteiger partial charge >= 0.3 is 0 Å². The Bertz CT molecular complexity index is 674. The fourth-order valence-electron chi connectivity index (χ4n) is 2.09. The molecule has 0 aliphatic heterocycles. The van der Waals surface area contributed by atoms with Crippen molar-refractivity contribution in [2.24, 2.45) is 0 Å². The lowest BCUT2D eigenvalue weighted by atomic mass is 10.2. The topological polar surface area (TPSA) is 38.3 Å². The van der Waals surface area contributed by atoms with Crippen LogP contribution in [0.15, 0.2) is 42.5 Å². The quantitative estimate of drug-likeness (QED) is 0.765. The number of hydrogen-bond acceptors (Lipinski definition) is 2. The number of benzene rings is 2. The van der Waals surface area contributed by atoms with E-state index < -0.39 is 11.6 Å². The van der Waals surface area contributed by atoms with Crippen molar-refractivity contribution in [3.05, 3.63) is 59.7 Å². The number of nitrogens with one attached hydrogen (secondary N) is 1. The van der Waals surface area contributed by atoms with Gasteiger partial charge in [-0.3, -0.25) is 4.79 Å². The Kier molecular flexibility index (Phi) is 6.09. The van der Waals surface area contributed by atoms with E-state index in [0.29, 0.717) is 19.4 Å². The summed E-state index contributed by atoms with van der Waals surface area (Å²) in [6.45, 7) is 2.49. The lowest BCUT2D eigenvalue weighted by Crippen LogP contribution is -2.13. The SMILES string of the molecule is Cc1cccc(OCCCCC(=O)Nc2cc(F)ccc2F)c1. The molecule has 0 saturated carbocycles. The first-order valence-corrected chi connectivity index (χ1v) is 7.49. The first kappa shape index (κ1) is 16.9. The fourth-order valence-corrected chi connectivity index (χ4v) is 2.09. The summed E-state index contributed by atoms with van der Waals surface area (Å²) >= 11 is 0. The summed E-state index contributed by atoms with van der Waals surface area (Å²) in [5, 5.41) is 2.37. The van der Waals surface area contributed by atoms with E-state index in [9.17, 15) is 13.6 Å². The Hall–Kier alpha value is -2.43. The molecule has 2 aromatic carbocycles. The second-order valence-corrected chi connectivity index (χ2v) is 5.29. The highest BCUT2D eigenvalue weighted by molar-refractivity contribution is 5.90. The van der Waals surface area contributed by atoms with E-state index in [1.54, 1.807) is 0 Å². The van der Waals surface area contributed by atoms with Crippen molar-refractivity contribution in [2.45, 2.75) is 26.2 Å². The minimum Gasteiger partial charge on any atom is -0.494 e. The number of aryl methyl sites for hydroxylation is 1. The van der Waals surface area contributed by atoms with Gasteiger partial charge in [0.1, 0.15) is 17.4 Å². The molecule has 23 heavy (non-hydrogen) atoms. The van der Waals surface area contributed by atoms with E-state index >= 15 is 0 Å². The van der Waals surface area contributed by atoms with E-state index in [0.717, 1.165) is 29.5 Å². The summed E-state index contributed by atoms with van der Waals surface area (Å²) in [7, 11) is 0. The maximum absolute atomic E-state index is 13.4. The number of anilines is 1. The zero-order valence-electron chi connectivity index (χ0n) is 12.9. The molecular weight excluding hydrogens is 300 g/mol. The Morgan fingerprint density at radius 2 is 1.96 bits per heavy atom. The van der Waals surface area contributed by atoms with Crippen molar-refractivity contribution < 1.29 is 18.3 Å². The molecule has 0 atom stereocenters. The van der Waals surface area contributed by atoms with Gasteiger partial charge in [0.15, 0.2) is 0 Å². The molecule has 0 spiro atoms. The third kappa shape index (κ3) is 5.70. The number of ether oxygens (including phenoxy) is 1. The Morgan fingerprint density at radius 3 is 2.74 bits per heavy atom. The average Bonchev–Trinajstić information content (AvgIpc) is 2.51. The highest BCUT2D eigenvalue weighted by atomic mass is 19.1. The van der Waals surface area contributed by atoms with Crippen molar-refractivity contribution in [3.8, 4) is 5.75 Å². The molecule has 2 aromatic rings. The second-order valence-electron chi connectivity index (χ2n) is 5.29. The lowest BCUT2D eigenvalue weighted by Gasteiger charge is -2.08. The van der Waals surface area contributed by atoms with E-state index in [-0.39, 0.29) is 18.0 Å². The molecule has 5 heteroatoms. The monoisotopic (exact) mass is 319 g/mol. The highest BCUT2D eigenvalue weighted by Crippen LogP contribution is 2.16. The molecule has 1 amide bonds. The summed E-state index contributed by atoms with van der Waals surface area (Å²) in [5.41, 5.74) is 0.991. The standard InChI is InChI=1S/C18H19F2NO2/c1-13-5-4-6-15(11-13)23-10-3-2-7-18(22)21-17-12-14(19)8-9-16(17)20/h4-6,8-9,11-12H,2-3,7,10H2,1H3,(H,21,22). The number of halogens is 2. The number of hydrogen-bond donors (Lipinski definition) is 1. The van der Waals surface area contributed by atoms with Crippen LogP contribution in [0.3, 0.4) is 0 Å². The Morgan fingerprint density at radius 1 is 1.13 bits per heavy atom. The van der Waals surface area contributed by atoms with E-state index in [2.05, 4.69) is 5.32 Å². The van der Waals surface area contributed by atoms with Crippen LogP contribution in [0.2, 0.25) is 0 Å². The van der Waals surface area contributed by atoms with Crippen LogP contribution in [0, 0.1) is 18.6 Å². The molecule has 3 nitrogen and oxygen atoms in total. The van der Waals surface area contributed by atoms with Crippen LogP contribution in [-0.4, -0.2) is 12.5 Å². The van der Waals surface area contributed by atoms with Gasteiger partial charge < -0.3 is 10.1 Å². The minimum atomic E-state index is -0.650. The summed E-state index contributed by atoms with van der Waals surface area (Å²) < 4.78 is 32.0. The number of carbonyl (C=O) groups excluding carboxylic acids is 1. The molecule has 0 aromatic heterocycles. The van der Waals surface area contributed by atoms with Crippen LogP contribution >= 0.6 is 0 Å². The van der Waals surface area contributed by atoms with Gasteiger partial charge in [0.25, 0.3) is 0 Å². The van der Waals surface area contributed by atoms with Gasteiger partial charge in [-0.15, -0.1) is 0 Å². The maximum Gasteiger partial charge on any atom is 0.224 e. The largest absolute Gasteiger partial charge is 0.494 e.